The number of carbonyl (C=O) groups is 3. The molecule has 0 spiro atoms. The van der Waals surface area contributed by atoms with Gasteiger partial charge in [-0.25, -0.2) is 13.2 Å². The smallest absolute Gasteiger partial charge is 0.338 e. The van der Waals surface area contributed by atoms with Crippen LogP contribution in [0.15, 0.2) is 23.1 Å². The number of piperidine rings is 1. The van der Waals surface area contributed by atoms with E-state index in [9.17, 15) is 22.8 Å². The number of methoxy groups -OCH3 is 1. The number of carbonyl (C=O) groups excluding carboxylic acids is 3. The average molecular weight is 453 g/mol. The lowest BCUT2D eigenvalue weighted by Crippen LogP contribution is -2.42. The van der Waals surface area contributed by atoms with Crippen LogP contribution in [0.1, 0.15) is 43.5 Å². The Morgan fingerprint density at radius 2 is 1.84 bits per heavy atom. The standard InChI is InChI=1S/C21H28N2O7S/c1-14-9-15(2)12-22(11-14)31(27,28)18-10-16(6-7-17(18)29-3)21(26)30-13-20(25)23-8-4-5-19(23)24/h6-7,10,14-15H,4-5,8-9,11-13H2,1-3H3. The monoisotopic (exact) mass is 452 g/mol. The van der Waals surface area contributed by atoms with Gasteiger partial charge < -0.3 is 9.47 Å². The van der Waals surface area contributed by atoms with Crippen molar-refractivity contribution in [2.24, 2.45) is 11.8 Å². The van der Waals surface area contributed by atoms with Crippen molar-refractivity contribution < 1.29 is 32.3 Å². The quantitative estimate of drug-likeness (QED) is 0.604. The van der Waals surface area contributed by atoms with Crippen LogP contribution in [-0.4, -0.2) is 68.8 Å². The first-order valence-corrected chi connectivity index (χ1v) is 11.8. The van der Waals surface area contributed by atoms with E-state index >= 15 is 0 Å². The first-order chi connectivity index (χ1) is 14.6. The van der Waals surface area contributed by atoms with E-state index in [1.807, 2.05) is 13.8 Å². The highest BCUT2D eigenvalue weighted by Crippen LogP contribution is 2.32. The van der Waals surface area contributed by atoms with Crippen LogP contribution >= 0.6 is 0 Å². The van der Waals surface area contributed by atoms with Crippen molar-refractivity contribution in [1.82, 2.24) is 9.21 Å². The number of benzene rings is 1. The second-order valence-corrected chi connectivity index (χ2v) is 10.2. The molecule has 0 aliphatic carbocycles. The summed E-state index contributed by atoms with van der Waals surface area (Å²) in [5, 5.41) is 0. The minimum absolute atomic E-state index is 0.0157. The molecule has 170 valence electrons. The molecule has 2 unspecified atom stereocenters. The minimum atomic E-state index is -3.90. The van der Waals surface area contributed by atoms with Crippen LogP contribution in [0, 0.1) is 11.8 Å². The van der Waals surface area contributed by atoms with Gasteiger partial charge in [-0.3, -0.25) is 14.5 Å². The summed E-state index contributed by atoms with van der Waals surface area (Å²) < 4.78 is 38.3. The zero-order valence-corrected chi connectivity index (χ0v) is 18.8. The lowest BCUT2D eigenvalue weighted by atomic mass is 9.94. The Hall–Kier alpha value is -2.46. The van der Waals surface area contributed by atoms with E-state index in [0.717, 1.165) is 11.3 Å². The van der Waals surface area contributed by atoms with Gasteiger partial charge in [0.1, 0.15) is 10.6 Å². The molecule has 9 nitrogen and oxygen atoms in total. The molecule has 3 rings (SSSR count). The molecule has 2 atom stereocenters. The number of rotatable bonds is 6. The Morgan fingerprint density at radius 3 is 2.42 bits per heavy atom. The SMILES string of the molecule is COc1ccc(C(=O)OCC(=O)N2CCCC2=O)cc1S(=O)(=O)N1CC(C)CC(C)C1. The summed E-state index contributed by atoms with van der Waals surface area (Å²) in [7, 11) is -2.54. The fraction of sp³-hybridized carbons (Fsp3) is 0.571. The van der Waals surface area contributed by atoms with Crippen LogP contribution in [0.25, 0.3) is 0 Å². The van der Waals surface area contributed by atoms with Crippen molar-refractivity contribution in [3.63, 3.8) is 0 Å². The number of hydrogen-bond acceptors (Lipinski definition) is 7. The van der Waals surface area contributed by atoms with Gasteiger partial charge in [-0.2, -0.15) is 4.31 Å². The molecule has 10 heteroatoms. The highest BCUT2D eigenvalue weighted by Gasteiger charge is 2.34. The highest BCUT2D eigenvalue weighted by atomic mass is 32.2. The normalized spacial score (nSPS) is 22.4. The summed E-state index contributed by atoms with van der Waals surface area (Å²) in [4.78, 5) is 37.1. The number of likely N-dealkylation sites (tertiary alicyclic amines) is 1. The minimum Gasteiger partial charge on any atom is -0.495 e. The first kappa shape index (κ1) is 23.2. The fourth-order valence-corrected chi connectivity index (χ4v) is 6.01. The summed E-state index contributed by atoms with van der Waals surface area (Å²) in [5.74, 6) is -1.16. The van der Waals surface area contributed by atoms with E-state index in [2.05, 4.69) is 0 Å². The molecular formula is C21H28N2O7S. The van der Waals surface area contributed by atoms with E-state index < -0.39 is 28.5 Å². The van der Waals surface area contributed by atoms with Gasteiger partial charge >= 0.3 is 5.97 Å². The van der Waals surface area contributed by atoms with Gasteiger partial charge in [-0.05, 0) is 42.9 Å². The largest absolute Gasteiger partial charge is 0.495 e. The maximum atomic E-state index is 13.3. The number of esters is 1. The van der Waals surface area contributed by atoms with Crippen molar-refractivity contribution in [1.29, 1.82) is 0 Å². The predicted molar refractivity (Wildman–Crippen MR) is 111 cm³/mol. The summed E-state index contributed by atoms with van der Waals surface area (Å²) in [6.07, 6.45) is 1.84. The fourth-order valence-electron chi connectivity index (χ4n) is 4.15. The Kier molecular flexibility index (Phi) is 7.00. The second kappa shape index (κ2) is 9.35. The number of amides is 2. The Labute approximate surface area is 182 Å². The van der Waals surface area contributed by atoms with Crippen molar-refractivity contribution in [3.05, 3.63) is 23.8 Å². The predicted octanol–water partition coefficient (Wildman–Crippen LogP) is 1.67. The molecule has 2 fully saturated rings. The molecule has 1 aromatic carbocycles. The van der Waals surface area contributed by atoms with Gasteiger partial charge in [0, 0.05) is 26.1 Å². The van der Waals surface area contributed by atoms with Crippen LogP contribution in [0.4, 0.5) is 0 Å². The van der Waals surface area contributed by atoms with Crippen molar-refractivity contribution in [3.8, 4) is 5.75 Å². The topological polar surface area (TPSA) is 110 Å². The van der Waals surface area contributed by atoms with Crippen molar-refractivity contribution >= 4 is 27.8 Å². The second-order valence-electron chi connectivity index (χ2n) is 8.25. The number of sulfonamides is 1. The molecular weight excluding hydrogens is 424 g/mol. The van der Waals surface area contributed by atoms with Crippen molar-refractivity contribution in [2.75, 3.05) is 33.4 Å². The molecule has 31 heavy (non-hydrogen) atoms. The zero-order valence-electron chi connectivity index (χ0n) is 18.0. The lowest BCUT2D eigenvalue weighted by molar-refractivity contribution is -0.143. The van der Waals surface area contributed by atoms with Gasteiger partial charge in [0.25, 0.3) is 5.91 Å². The van der Waals surface area contributed by atoms with Gasteiger partial charge in [0.15, 0.2) is 6.61 Å². The molecule has 0 N–H and O–H groups in total. The molecule has 0 radical (unpaired) electrons. The summed E-state index contributed by atoms with van der Waals surface area (Å²) in [6.45, 7) is 4.52. The Bertz CT molecular complexity index is 966. The van der Waals surface area contributed by atoms with Gasteiger partial charge in [0.2, 0.25) is 15.9 Å². The van der Waals surface area contributed by atoms with E-state index in [1.165, 1.54) is 29.6 Å². The van der Waals surface area contributed by atoms with Crippen molar-refractivity contribution in [2.45, 2.75) is 38.0 Å². The number of ether oxygens (including phenoxy) is 2. The first-order valence-electron chi connectivity index (χ1n) is 10.3. The van der Waals surface area contributed by atoms with Crippen LogP contribution in [0.2, 0.25) is 0 Å². The van der Waals surface area contributed by atoms with Crippen LogP contribution in [0.5, 0.6) is 5.75 Å². The van der Waals surface area contributed by atoms with E-state index in [0.29, 0.717) is 32.5 Å². The number of hydrogen-bond donors (Lipinski definition) is 0. The molecule has 2 aliphatic rings. The van der Waals surface area contributed by atoms with Gasteiger partial charge in [-0.1, -0.05) is 13.8 Å². The van der Waals surface area contributed by atoms with E-state index in [-0.39, 0.29) is 34.0 Å². The summed E-state index contributed by atoms with van der Waals surface area (Å²) in [6, 6.07) is 3.99. The molecule has 2 saturated heterocycles. The zero-order chi connectivity index (χ0) is 22.8. The Morgan fingerprint density at radius 1 is 1.16 bits per heavy atom. The Balaban J connectivity index is 1.79. The molecule has 2 aliphatic heterocycles. The molecule has 1 aromatic rings. The highest BCUT2D eigenvalue weighted by molar-refractivity contribution is 7.89. The van der Waals surface area contributed by atoms with Crippen LogP contribution in [0.3, 0.4) is 0 Å². The third-order valence-electron chi connectivity index (χ3n) is 5.55. The number of nitrogens with zero attached hydrogens (tertiary/aromatic N) is 2. The van der Waals surface area contributed by atoms with E-state index in [4.69, 9.17) is 9.47 Å². The lowest BCUT2D eigenvalue weighted by Gasteiger charge is -2.34. The van der Waals surface area contributed by atoms with E-state index in [1.54, 1.807) is 0 Å². The molecule has 2 amide bonds. The molecule has 0 bridgehead atoms. The molecule has 0 saturated carbocycles. The van der Waals surface area contributed by atoms with Gasteiger partial charge in [-0.15, -0.1) is 0 Å². The summed E-state index contributed by atoms with van der Waals surface area (Å²) in [5.41, 5.74) is -0.0157. The maximum absolute atomic E-state index is 13.3. The maximum Gasteiger partial charge on any atom is 0.338 e. The molecule has 0 aromatic heterocycles. The average Bonchev–Trinajstić information content (AvgIpc) is 3.16. The van der Waals surface area contributed by atoms with Gasteiger partial charge in [0.05, 0.1) is 12.7 Å². The molecule has 2 heterocycles. The van der Waals surface area contributed by atoms with Crippen LogP contribution < -0.4 is 4.74 Å². The van der Waals surface area contributed by atoms with Crippen LogP contribution in [-0.2, 0) is 24.3 Å². The summed E-state index contributed by atoms with van der Waals surface area (Å²) >= 11 is 0. The number of imide groups is 1. The third-order valence-corrected chi connectivity index (χ3v) is 7.41. The third kappa shape index (κ3) is 5.07.